The van der Waals surface area contributed by atoms with Crippen LogP contribution in [0.5, 0.6) is 0 Å². The van der Waals surface area contributed by atoms with E-state index >= 15 is 0 Å². The van der Waals surface area contributed by atoms with Gasteiger partial charge in [-0.2, -0.15) is 0 Å². The van der Waals surface area contributed by atoms with Crippen molar-refractivity contribution < 1.29 is 19.4 Å². The van der Waals surface area contributed by atoms with E-state index in [0.29, 0.717) is 30.3 Å². The zero-order valence-corrected chi connectivity index (χ0v) is 15.4. The van der Waals surface area contributed by atoms with Crippen molar-refractivity contribution in [3.8, 4) is 0 Å². The Bertz CT molecular complexity index is 429. The Morgan fingerprint density at radius 1 is 1.17 bits per heavy atom. The number of carbonyl (C=O) groups is 1. The van der Waals surface area contributed by atoms with Gasteiger partial charge in [-0.25, -0.2) is 0 Å². The first kappa shape index (κ1) is 18.2. The van der Waals surface area contributed by atoms with Crippen LogP contribution in [0.3, 0.4) is 0 Å². The molecular formula is C20H34O4. The first-order valence-electron chi connectivity index (χ1n) is 9.88. The van der Waals surface area contributed by atoms with Crippen LogP contribution in [0.4, 0.5) is 0 Å². The molecule has 0 aromatic rings. The van der Waals surface area contributed by atoms with E-state index in [9.17, 15) is 9.90 Å². The molecule has 0 radical (unpaired) electrons. The number of ether oxygens (including phenoxy) is 2. The van der Waals surface area contributed by atoms with Crippen molar-refractivity contribution in [3.63, 3.8) is 0 Å². The lowest BCUT2D eigenvalue weighted by Gasteiger charge is -2.50. The maximum Gasteiger partial charge on any atom is 0.308 e. The Morgan fingerprint density at radius 2 is 1.96 bits per heavy atom. The Kier molecular flexibility index (Phi) is 5.86. The predicted octanol–water partition coefficient (Wildman–Crippen LogP) is 3.56. The minimum absolute atomic E-state index is 0.0997. The fourth-order valence-electron chi connectivity index (χ4n) is 5.78. The van der Waals surface area contributed by atoms with Gasteiger partial charge in [-0.3, -0.25) is 4.79 Å². The number of carbonyl (C=O) groups excluding carboxylic acids is 1. The van der Waals surface area contributed by atoms with E-state index < -0.39 is 6.10 Å². The SMILES string of the molecule is COC1CC(C)CC2CCC(C)C(CCC3CC(O)CC(=O)O3)C21. The number of hydrogen-bond acceptors (Lipinski definition) is 4. The first-order valence-corrected chi connectivity index (χ1v) is 9.88. The molecule has 0 bridgehead atoms. The molecule has 2 saturated carbocycles. The molecule has 0 amide bonds. The zero-order chi connectivity index (χ0) is 17.3. The third-order valence-electron chi connectivity index (χ3n) is 6.89. The first-order chi connectivity index (χ1) is 11.5. The Hall–Kier alpha value is -0.610. The van der Waals surface area contributed by atoms with Crippen molar-refractivity contribution in [1.29, 1.82) is 0 Å². The number of aliphatic hydroxyl groups is 1. The highest BCUT2D eigenvalue weighted by atomic mass is 16.5. The highest BCUT2D eigenvalue weighted by Gasteiger charge is 2.45. The summed E-state index contributed by atoms with van der Waals surface area (Å²) in [5, 5.41) is 9.81. The molecular weight excluding hydrogens is 304 g/mol. The van der Waals surface area contributed by atoms with Gasteiger partial charge in [0.2, 0.25) is 0 Å². The molecule has 3 fully saturated rings. The molecule has 4 nitrogen and oxygen atoms in total. The van der Waals surface area contributed by atoms with Gasteiger partial charge in [-0.05, 0) is 61.7 Å². The summed E-state index contributed by atoms with van der Waals surface area (Å²) in [6, 6.07) is 0. The van der Waals surface area contributed by atoms with Crippen LogP contribution < -0.4 is 0 Å². The lowest BCUT2D eigenvalue weighted by Crippen LogP contribution is -2.46. The molecule has 0 aromatic carbocycles. The predicted molar refractivity (Wildman–Crippen MR) is 92.4 cm³/mol. The average Bonchev–Trinajstić information content (AvgIpc) is 2.52. The van der Waals surface area contributed by atoms with Crippen molar-refractivity contribution in [2.75, 3.05) is 7.11 Å². The summed E-state index contributed by atoms with van der Waals surface area (Å²) in [4.78, 5) is 11.6. The van der Waals surface area contributed by atoms with Crippen LogP contribution in [0.1, 0.15) is 65.2 Å². The fourth-order valence-corrected chi connectivity index (χ4v) is 5.78. The van der Waals surface area contributed by atoms with Gasteiger partial charge in [0.1, 0.15) is 6.10 Å². The molecule has 1 saturated heterocycles. The van der Waals surface area contributed by atoms with Crippen LogP contribution in [-0.4, -0.2) is 36.5 Å². The average molecular weight is 338 g/mol. The summed E-state index contributed by atoms with van der Waals surface area (Å²) in [5.74, 6) is 3.33. The van der Waals surface area contributed by atoms with Gasteiger partial charge in [-0.15, -0.1) is 0 Å². The molecule has 24 heavy (non-hydrogen) atoms. The van der Waals surface area contributed by atoms with Gasteiger partial charge in [0.05, 0.1) is 18.6 Å². The Balaban J connectivity index is 1.64. The molecule has 138 valence electrons. The van der Waals surface area contributed by atoms with Crippen LogP contribution >= 0.6 is 0 Å². The molecule has 0 spiro atoms. The maximum atomic E-state index is 11.6. The van der Waals surface area contributed by atoms with E-state index in [1.165, 1.54) is 25.7 Å². The molecule has 3 rings (SSSR count). The number of cyclic esters (lactones) is 1. The monoisotopic (exact) mass is 338 g/mol. The summed E-state index contributed by atoms with van der Waals surface area (Å²) in [5.41, 5.74) is 0. The van der Waals surface area contributed by atoms with E-state index in [0.717, 1.165) is 24.7 Å². The highest BCUT2D eigenvalue weighted by molar-refractivity contribution is 5.70. The number of esters is 1. The van der Waals surface area contributed by atoms with Crippen molar-refractivity contribution in [2.24, 2.45) is 29.6 Å². The topological polar surface area (TPSA) is 55.8 Å². The van der Waals surface area contributed by atoms with E-state index in [2.05, 4.69) is 13.8 Å². The van der Waals surface area contributed by atoms with Crippen molar-refractivity contribution >= 4 is 5.97 Å². The molecule has 8 atom stereocenters. The number of aliphatic hydroxyl groups excluding tert-OH is 1. The highest BCUT2D eigenvalue weighted by Crippen LogP contribution is 2.50. The van der Waals surface area contributed by atoms with Crippen LogP contribution in [0.2, 0.25) is 0 Å². The quantitative estimate of drug-likeness (QED) is 0.796. The number of methoxy groups -OCH3 is 1. The molecule has 8 unspecified atom stereocenters. The molecule has 4 heteroatoms. The third-order valence-corrected chi connectivity index (χ3v) is 6.89. The summed E-state index contributed by atoms with van der Waals surface area (Å²) in [7, 11) is 1.87. The Labute approximate surface area is 146 Å². The minimum atomic E-state index is -0.518. The Morgan fingerprint density at radius 3 is 2.67 bits per heavy atom. The molecule has 1 N–H and O–H groups in total. The van der Waals surface area contributed by atoms with Gasteiger partial charge >= 0.3 is 5.97 Å². The summed E-state index contributed by atoms with van der Waals surface area (Å²) in [6.45, 7) is 4.74. The molecule has 2 aliphatic carbocycles. The van der Waals surface area contributed by atoms with Crippen LogP contribution in [-0.2, 0) is 14.3 Å². The van der Waals surface area contributed by atoms with Gasteiger partial charge in [0, 0.05) is 13.5 Å². The summed E-state index contributed by atoms with van der Waals surface area (Å²) < 4.78 is 11.4. The van der Waals surface area contributed by atoms with E-state index in [4.69, 9.17) is 9.47 Å². The second kappa shape index (κ2) is 7.74. The molecule has 0 aromatic heterocycles. The van der Waals surface area contributed by atoms with Gasteiger partial charge in [-0.1, -0.05) is 20.3 Å². The second-order valence-corrected chi connectivity index (χ2v) is 8.69. The van der Waals surface area contributed by atoms with Crippen molar-refractivity contribution in [3.05, 3.63) is 0 Å². The minimum Gasteiger partial charge on any atom is -0.462 e. The second-order valence-electron chi connectivity index (χ2n) is 8.69. The fraction of sp³-hybridized carbons (Fsp3) is 0.950. The molecule has 1 aliphatic heterocycles. The van der Waals surface area contributed by atoms with Crippen molar-refractivity contribution in [1.82, 2.24) is 0 Å². The standard InChI is InChI=1S/C20H34O4/c1-12-8-14-5-4-13(2)17(20(14)18(9-12)23-3)7-6-16-10-15(21)11-19(22)24-16/h12-18,20-21H,4-11H2,1-3H3. The third kappa shape index (κ3) is 3.96. The lowest BCUT2D eigenvalue weighted by molar-refractivity contribution is -0.161. The number of hydrogen-bond donors (Lipinski definition) is 1. The van der Waals surface area contributed by atoms with Crippen LogP contribution in [0.15, 0.2) is 0 Å². The molecule has 3 aliphatic rings. The summed E-state index contributed by atoms with van der Waals surface area (Å²) in [6.07, 6.45) is 7.65. The van der Waals surface area contributed by atoms with E-state index in [1.807, 2.05) is 7.11 Å². The van der Waals surface area contributed by atoms with Gasteiger partial charge in [0.25, 0.3) is 0 Å². The largest absolute Gasteiger partial charge is 0.462 e. The van der Waals surface area contributed by atoms with E-state index in [1.54, 1.807) is 0 Å². The normalized spacial score (nSPS) is 46.2. The van der Waals surface area contributed by atoms with Crippen molar-refractivity contribution in [2.45, 2.75) is 83.5 Å². The number of fused-ring (bicyclic) bond motifs is 1. The number of rotatable bonds is 4. The smallest absolute Gasteiger partial charge is 0.308 e. The van der Waals surface area contributed by atoms with E-state index in [-0.39, 0.29) is 18.5 Å². The molecule has 1 heterocycles. The van der Waals surface area contributed by atoms with Gasteiger partial charge in [0.15, 0.2) is 0 Å². The lowest BCUT2D eigenvalue weighted by atomic mass is 9.58. The maximum absolute atomic E-state index is 11.6. The zero-order valence-electron chi connectivity index (χ0n) is 15.4. The summed E-state index contributed by atoms with van der Waals surface area (Å²) >= 11 is 0. The van der Waals surface area contributed by atoms with Gasteiger partial charge < -0.3 is 14.6 Å². The van der Waals surface area contributed by atoms with Crippen LogP contribution in [0.25, 0.3) is 0 Å². The van der Waals surface area contributed by atoms with Crippen LogP contribution in [0, 0.1) is 29.6 Å².